The topological polar surface area (TPSA) is 75.3 Å². The molecule has 0 radical (unpaired) electrons. The number of hydrogen-bond donors (Lipinski definition) is 2. The number of sulfonamides is 1. The Kier molecular flexibility index (Phi) is 4.99. The fourth-order valence-electron chi connectivity index (χ4n) is 2.54. The maximum Gasteiger partial charge on any atom is 0.261 e. The predicted molar refractivity (Wildman–Crippen MR) is 102 cm³/mol. The molecule has 3 rings (SSSR count). The molecule has 0 spiro atoms. The second-order valence-corrected chi connectivity index (χ2v) is 9.50. The van der Waals surface area contributed by atoms with Crippen molar-refractivity contribution in [1.29, 1.82) is 0 Å². The summed E-state index contributed by atoms with van der Waals surface area (Å²) in [6.45, 7) is 3.74. The maximum atomic E-state index is 12.7. The molecule has 0 saturated carbocycles. The molecule has 0 aromatic heterocycles. The van der Waals surface area contributed by atoms with E-state index in [9.17, 15) is 13.2 Å². The van der Waals surface area contributed by atoms with E-state index in [0.717, 1.165) is 10.5 Å². The molecule has 0 fully saturated rings. The van der Waals surface area contributed by atoms with Gasteiger partial charge in [-0.15, -0.1) is 11.8 Å². The molecule has 1 aliphatic heterocycles. The number of benzene rings is 2. The van der Waals surface area contributed by atoms with Crippen molar-refractivity contribution in [2.75, 3.05) is 10.0 Å². The first kappa shape index (κ1) is 18.1. The highest BCUT2D eigenvalue weighted by atomic mass is 35.5. The summed E-state index contributed by atoms with van der Waals surface area (Å²) in [5.41, 5.74) is 1.71. The molecule has 132 valence electrons. The SMILES string of the molecule is Cc1cc(Cl)ccc1NS(=O)(=O)c1ccc2c(c1)NC(=O)CC(C)S2. The van der Waals surface area contributed by atoms with E-state index in [-0.39, 0.29) is 16.1 Å². The molecule has 5 nitrogen and oxygen atoms in total. The molecule has 1 unspecified atom stereocenters. The van der Waals surface area contributed by atoms with Crippen molar-refractivity contribution in [3.63, 3.8) is 0 Å². The summed E-state index contributed by atoms with van der Waals surface area (Å²) in [6, 6.07) is 9.70. The van der Waals surface area contributed by atoms with Crippen LogP contribution in [0.2, 0.25) is 5.02 Å². The molecule has 8 heteroatoms. The minimum absolute atomic E-state index is 0.0936. The van der Waals surface area contributed by atoms with Gasteiger partial charge in [0.15, 0.2) is 0 Å². The number of carbonyl (C=O) groups is 1. The molecule has 2 aromatic rings. The van der Waals surface area contributed by atoms with E-state index in [1.165, 1.54) is 6.07 Å². The molecule has 0 bridgehead atoms. The molecule has 1 heterocycles. The van der Waals surface area contributed by atoms with E-state index >= 15 is 0 Å². The minimum Gasteiger partial charge on any atom is -0.325 e. The van der Waals surface area contributed by atoms with Gasteiger partial charge < -0.3 is 5.32 Å². The van der Waals surface area contributed by atoms with Gasteiger partial charge in [-0.3, -0.25) is 9.52 Å². The van der Waals surface area contributed by atoms with Crippen molar-refractivity contribution in [2.24, 2.45) is 0 Å². The summed E-state index contributed by atoms with van der Waals surface area (Å²) in [5, 5.41) is 3.46. The molecule has 1 amide bonds. The van der Waals surface area contributed by atoms with Crippen molar-refractivity contribution in [3.05, 3.63) is 47.0 Å². The third-order valence-corrected chi connectivity index (χ3v) is 6.55. The lowest BCUT2D eigenvalue weighted by atomic mass is 10.2. The molecule has 1 atom stereocenters. The lowest BCUT2D eigenvalue weighted by molar-refractivity contribution is -0.116. The number of hydrogen-bond acceptors (Lipinski definition) is 4. The summed E-state index contributed by atoms with van der Waals surface area (Å²) in [4.78, 5) is 12.8. The Morgan fingerprint density at radius 3 is 2.72 bits per heavy atom. The predicted octanol–water partition coefficient (Wildman–Crippen LogP) is 4.27. The van der Waals surface area contributed by atoms with Crippen LogP contribution in [0.5, 0.6) is 0 Å². The molecular formula is C17H17ClN2O3S2. The van der Waals surface area contributed by atoms with Gasteiger partial charge in [0.1, 0.15) is 0 Å². The van der Waals surface area contributed by atoms with Gasteiger partial charge in [-0.25, -0.2) is 8.42 Å². The highest BCUT2D eigenvalue weighted by molar-refractivity contribution is 8.00. The van der Waals surface area contributed by atoms with E-state index in [2.05, 4.69) is 10.0 Å². The number of carbonyl (C=O) groups excluding carboxylic acids is 1. The van der Waals surface area contributed by atoms with Crippen LogP contribution in [0.25, 0.3) is 0 Å². The number of fused-ring (bicyclic) bond motifs is 1. The zero-order valence-corrected chi connectivity index (χ0v) is 16.1. The van der Waals surface area contributed by atoms with Gasteiger partial charge in [-0.1, -0.05) is 18.5 Å². The second-order valence-electron chi connectivity index (χ2n) is 5.90. The fraction of sp³-hybridized carbons (Fsp3) is 0.235. The number of nitrogens with one attached hydrogen (secondary N) is 2. The number of rotatable bonds is 3. The molecule has 25 heavy (non-hydrogen) atoms. The Bertz CT molecular complexity index is 945. The maximum absolute atomic E-state index is 12.7. The minimum atomic E-state index is -3.78. The zero-order valence-electron chi connectivity index (χ0n) is 13.7. The molecule has 2 aromatic carbocycles. The standard InChI is InChI=1S/C17H17ClN2O3S2/c1-10-7-12(18)3-5-14(10)20-25(22,23)13-4-6-16-15(9-13)19-17(21)8-11(2)24-16/h3-7,9,11,20H,8H2,1-2H3,(H,19,21). The van der Waals surface area contributed by atoms with Crippen LogP contribution < -0.4 is 10.0 Å². The van der Waals surface area contributed by atoms with E-state index in [4.69, 9.17) is 11.6 Å². The average molecular weight is 397 g/mol. The molecule has 2 N–H and O–H groups in total. The number of halogens is 1. The molecule has 0 aliphatic carbocycles. The zero-order chi connectivity index (χ0) is 18.2. The number of amides is 1. The number of thioether (sulfide) groups is 1. The highest BCUT2D eigenvalue weighted by Gasteiger charge is 2.22. The Balaban J connectivity index is 1.94. The van der Waals surface area contributed by atoms with Gasteiger partial charge in [0.2, 0.25) is 5.91 Å². The van der Waals surface area contributed by atoms with Crippen LogP contribution in [0.4, 0.5) is 11.4 Å². The van der Waals surface area contributed by atoms with Crippen LogP contribution in [0, 0.1) is 6.92 Å². The number of aryl methyl sites for hydroxylation is 1. The van der Waals surface area contributed by atoms with Gasteiger partial charge in [0.05, 0.1) is 16.3 Å². The van der Waals surface area contributed by atoms with Crippen molar-refractivity contribution in [1.82, 2.24) is 0 Å². The van der Waals surface area contributed by atoms with Gasteiger partial charge in [-0.05, 0) is 48.9 Å². The normalized spacial score (nSPS) is 17.4. The smallest absolute Gasteiger partial charge is 0.261 e. The highest BCUT2D eigenvalue weighted by Crippen LogP contribution is 2.36. The molecule has 0 saturated heterocycles. The Morgan fingerprint density at radius 1 is 1.24 bits per heavy atom. The first-order valence-electron chi connectivity index (χ1n) is 7.64. The van der Waals surface area contributed by atoms with Gasteiger partial charge in [0.25, 0.3) is 10.0 Å². The second kappa shape index (κ2) is 6.90. The van der Waals surface area contributed by atoms with Crippen molar-refractivity contribution in [3.8, 4) is 0 Å². The summed E-state index contributed by atoms with van der Waals surface area (Å²) in [6.07, 6.45) is 0.393. The first-order valence-corrected chi connectivity index (χ1v) is 10.4. The van der Waals surface area contributed by atoms with Crippen molar-refractivity contribution >= 4 is 50.7 Å². The monoisotopic (exact) mass is 396 g/mol. The van der Waals surface area contributed by atoms with Crippen LogP contribution in [-0.4, -0.2) is 19.6 Å². The number of anilines is 2. The van der Waals surface area contributed by atoms with Gasteiger partial charge in [-0.2, -0.15) is 0 Å². The first-order chi connectivity index (χ1) is 11.7. The fourth-order valence-corrected chi connectivity index (χ4v) is 4.98. The van der Waals surface area contributed by atoms with E-state index in [0.29, 0.717) is 22.8 Å². The summed E-state index contributed by atoms with van der Waals surface area (Å²) < 4.78 is 28.0. The van der Waals surface area contributed by atoms with E-state index in [1.54, 1.807) is 49.0 Å². The molecule has 1 aliphatic rings. The van der Waals surface area contributed by atoms with Crippen LogP contribution in [-0.2, 0) is 14.8 Å². The lowest BCUT2D eigenvalue weighted by Crippen LogP contribution is -2.15. The lowest BCUT2D eigenvalue weighted by Gasteiger charge is -2.13. The van der Waals surface area contributed by atoms with Crippen LogP contribution >= 0.6 is 23.4 Å². The van der Waals surface area contributed by atoms with Gasteiger partial charge in [0, 0.05) is 21.6 Å². The Morgan fingerprint density at radius 2 is 2.00 bits per heavy atom. The van der Waals surface area contributed by atoms with E-state index < -0.39 is 10.0 Å². The van der Waals surface area contributed by atoms with Crippen LogP contribution in [0.1, 0.15) is 18.9 Å². The third kappa shape index (κ3) is 4.11. The quantitative estimate of drug-likeness (QED) is 0.812. The van der Waals surface area contributed by atoms with Crippen molar-refractivity contribution < 1.29 is 13.2 Å². The summed E-state index contributed by atoms with van der Waals surface area (Å²) in [7, 11) is -3.78. The van der Waals surface area contributed by atoms with Crippen molar-refractivity contribution in [2.45, 2.75) is 35.3 Å². The largest absolute Gasteiger partial charge is 0.325 e. The van der Waals surface area contributed by atoms with E-state index in [1.807, 2.05) is 6.92 Å². The van der Waals surface area contributed by atoms with Crippen LogP contribution in [0.3, 0.4) is 0 Å². The van der Waals surface area contributed by atoms with Crippen LogP contribution in [0.15, 0.2) is 46.2 Å². The third-order valence-electron chi connectivity index (χ3n) is 3.77. The average Bonchev–Trinajstić information content (AvgIpc) is 2.65. The Hall–Kier alpha value is -1.70. The summed E-state index contributed by atoms with van der Waals surface area (Å²) >= 11 is 7.46. The summed E-state index contributed by atoms with van der Waals surface area (Å²) in [5.74, 6) is -0.116. The molecular weight excluding hydrogens is 380 g/mol. The van der Waals surface area contributed by atoms with Gasteiger partial charge >= 0.3 is 0 Å². The Labute approximate surface area is 156 Å².